The molecule has 0 spiro atoms. The van der Waals surface area contributed by atoms with E-state index in [4.69, 9.17) is 4.74 Å². The van der Waals surface area contributed by atoms with Gasteiger partial charge in [-0.25, -0.2) is 4.98 Å². The minimum absolute atomic E-state index is 0.249. The summed E-state index contributed by atoms with van der Waals surface area (Å²) >= 11 is 5.28. The molecule has 2 aromatic rings. The van der Waals surface area contributed by atoms with Crippen molar-refractivity contribution in [2.75, 3.05) is 11.9 Å². The molecule has 0 aromatic carbocycles. The second-order valence-corrected chi connectivity index (χ2v) is 5.62. The number of hydrogen-bond donors (Lipinski definition) is 1. The Morgan fingerprint density at radius 1 is 1.44 bits per heavy atom. The average molecular weight is 327 g/mol. The lowest BCUT2D eigenvalue weighted by molar-refractivity contribution is 0.327. The summed E-state index contributed by atoms with van der Waals surface area (Å²) < 4.78 is 6.46. The van der Waals surface area contributed by atoms with Crippen LogP contribution in [0.1, 0.15) is 24.8 Å². The first-order chi connectivity index (χ1) is 8.70. The molecule has 1 N–H and O–H groups in total. The van der Waals surface area contributed by atoms with Crippen LogP contribution in [0.3, 0.4) is 0 Å². The van der Waals surface area contributed by atoms with Crippen LogP contribution in [0, 0.1) is 0 Å². The van der Waals surface area contributed by atoms with E-state index in [9.17, 15) is 0 Å². The van der Waals surface area contributed by atoms with Gasteiger partial charge in [-0.2, -0.15) is 0 Å². The lowest BCUT2D eigenvalue weighted by Crippen LogP contribution is -2.05. The standard InChI is InChI=1S/C13H15BrN2OS/c1-3-17-12-5-4-10(8-15-12)16-9(2)13-11(14)6-7-18-13/h4-9,16H,3H2,1-2H3. The van der Waals surface area contributed by atoms with Crippen LogP contribution in [-0.2, 0) is 0 Å². The number of halogens is 1. The van der Waals surface area contributed by atoms with Gasteiger partial charge in [0.2, 0.25) is 5.88 Å². The number of nitrogens with zero attached hydrogens (tertiary/aromatic N) is 1. The van der Waals surface area contributed by atoms with Crippen molar-refractivity contribution in [2.24, 2.45) is 0 Å². The zero-order chi connectivity index (χ0) is 13.0. The van der Waals surface area contributed by atoms with Gasteiger partial charge in [0.25, 0.3) is 0 Å². The fourth-order valence-corrected chi connectivity index (χ4v) is 3.35. The third kappa shape index (κ3) is 3.23. The summed E-state index contributed by atoms with van der Waals surface area (Å²) in [5, 5.41) is 5.49. The third-order valence-electron chi connectivity index (χ3n) is 2.45. The molecule has 0 aliphatic heterocycles. The van der Waals surface area contributed by atoms with Crippen LogP contribution >= 0.6 is 27.3 Å². The predicted octanol–water partition coefficient (Wildman–Crippen LogP) is 4.48. The van der Waals surface area contributed by atoms with Gasteiger partial charge in [-0.1, -0.05) is 0 Å². The van der Waals surface area contributed by atoms with Gasteiger partial charge >= 0.3 is 0 Å². The Hall–Kier alpha value is -1.07. The molecule has 1 unspecified atom stereocenters. The highest BCUT2D eigenvalue weighted by Crippen LogP contribution is 2.30. The first-order valence-electron chi connectivity index (χ1n) is 5.79. The van der Waals surface area contributed by atoms with E-state index in [0.717, 1.165) is 10.2 Å². The van der Waals surface area contributed by atoms with Crippen LogP contribution in [0.25, 0.3) is 0 Å². The monoisotopic (exact) mass is 326 g/mol. The number of thiophene rings is 1. The topological polar surface area (TPSA) is 34.1 Å². The van der Waals surface area contributed by atoms with Gasteiger partial charge in [0, 0.05) is 15.4 Å². The highest BCUT2D eigenvalue weighted by atomic mass is 79.9. The van der Waals surface area contributed by atoms with Crippen molar-refractivity contribution >= 4 is 33.0 Å². The van der Waals surface area contributed by atoms with Gasteiger partial charge in [0.15, 0.2) is 0 Å². The minimum Gasteiger partial charge on any atom is -0.478 e. The Morgan fingerprint density at radius 3 is 2.83 bits per heavy atom. The van der Waals surface area contributed by atoms with Crippen molar-refractivity contribution < 1.29 is 4.74 Å². The number of ether oxygens (including phenoxy) is 1. The summed E-state index contributed by atoms with van der Waals surface area (Å²) in [6, 6.07) is 6.17. The zero-order valence-corrected chi connectivity index (χ0v) is 12.7. The molecule has 0 saturated heterocycles. The molecule has 0 aliphatic carbocycles. The molecule has 2 heterocycles. The summed E-state index contributed by atoms with van der Waals surface area (Å²) in [7, 11) is 0. The maximum absolute atomic E-state index is 5.31. The first-order valence-corrected chi connectivity index (χ1v) is 7.46. The van der Waals surface area contributed by atoms with Crippen LogP contribution in [0.5, 0.6) is 5.88 Å². The lowest BCUT2D eigenvalue weighted by Gasteiger charge is -2.14. The maximum atomic E-state index is 5.31. The van der Waals surface area contributed by atoms with Gasteiger partial charge in [-0.05, 0) is 47.3 Å². The fraction of sp³-hybridized carbons (Fsp3) is 0.308. The fourth-order valence-electron chi connectivity index (χ4n) is 1.63. The van der Waals surface area contributed by atoms with E-state index in [0.29, 0.717) is 12.5 Å². The molecule has 0 amide bonds. The van der Waals surface area contributed by atoms with Crippen molar-refractivity contribution in [2.45, 2.75) is 19.9 Å². The molecule has 0 aliphatic rings. The summed E-state index contributed by atoms with van der Waals surface area (Å²) in [6.45, 7) is 4.72. The summed E-state index contributed by atoms with van der Waals surface area (Å²) in [5.74, 6) is 0.660. The van der Waals surface area contributed by atoms with Crippen molar-refractivity contribution in [1.82, 2.24) is 4.98 Å². The van der Waals surface area contributed by atoms with E-state index in [1.807, 2.05) is 19.1 Å². The molecule has 0 fully saturated rings. The van der Waals surface area contributed by atoms with Gasteiger partial charge < -0.3 is 10.1 Å². The van der Waals surface area contributed by atoms with E-state index in [1.165, 1.54) is 4.88 Å². The highest BCUT2D eigenvalue weighted by Gasteiger charge is 2.10. The molecule has 3 nitrogen and oxygen atoms in total. The van der Waals surface area contributed by atoms with E-state index >= 15 is 0 Å². The van der Waals surface area contributed by atoms with Crippen LogP contribution in [-0.4, -0.2) is 11.6 Å². The number of aromatic nitrogens is 1. The summed E-state index contributed by atoms with van der Waals surface area (Å²) in [4.78, 5) is 5.51. The van der Waals surface area contributed by atoms with Gasteiger partial charge in [-0.15, -0.1) is 11.3 Å². The number of pyridine rings is 1. The van der Waals surface area contributed by atoms with E-state index in [2.05, 4.69) is 44.6 Å². The molecule has 0 bridgehead atoms. The molecule has 0 saturated carbocycles. The smallest absolute Gasteiger partial charge is 0.213 e. The van der Waals surface area contributed by atoms with Gasteiger partial charge in [-0.3, -0.25) is 0 Å². The Labute approximate surface area is 119 Å². The molecule has 18 heavy (non-hydrogen) atoms. The quantitative estimate of drug-likeness (QED) is 0.879. The Balaban J connectivity index is 2.03. The average Bonchev–Trinajstić information content (AvgIpc) is 2.78. The maximum Gasteiger partial charge on any atom is 0.213 e. The van der Waals surface area contributed by atoms with Crippen LogP contribution < -0.4 is 10.1 Å². The number of nitrogens with one attached hydrogen (secondary N) is 1. The molecule has 2 aromatic heterocycles. The highest BCUT2D eigenvalue weighted by molar-refractivity contribution is 9.10. The van der Waals surface area contributed by atoms with E-state index in [-0.39, 0.29) is 6.04 Å². The van der Waals surface area contributed by atoms with Gasteiger partial charge in [0.1, 0.15) is 0 Å². The summed E-state index contributed by atoms with van der Waals surface area (Å²) in [5.41, 5.74) is 0.992. The minimum atomic E-state index is 0.249. The second-order valence-electron chi connectivity index (χ2n) is 3.82. The van der Waals surface area contributed by atoms with Gasteiger partial charge in [0.05, 0.1) is 24.5 Å². The number of rotatable bonds is 5. The first kappa shape index (κ1) is 13.4. The molecular weight excluding hydrogens is 312 g/mol. The molecule has 2 rings (SSSR count). The Bertz CT molecular complexity index is 498. The third-order valence-corrected chi connectivity index (χ3v) is 4.50. The molecular formula is C13H15BrN2OS. The molecule has 5 heteroatoms. The predicted molar refractivity (Wildman–Crippen MR) is 79.5 cm³/mol. The molecule has 1 atom stereocenters. The largest absolute Gasteiger partial charge is 0.478 e. The second kappa shape index (κ2) is 6.20. The van der Waals surface area contributed by atoms with Crippen LogP contribution in [0.4, 0.5) is 5.69 Å². The van der Waals surface area contributed by atoms with E-state index in [1.54, 1.807) is 17.5 Å². The van der Waals surface area contributed by atoms with Crippen molar-refractivity contribution in [3.05, 3.63) is 39.1 Å². The summed E-state index contributed by atoms with van der Waals surface area (Å²) in [6.07, 6.45) is 1.79. The number of anilines is 1. The Morgan fingerprint density at radius 2 is 2.28 bits per heavy atom. The lowest BCUT2D eigenvalue weighted by atomic mass is 10.2. The van der Waals surface area contributed by atoms with Crippen molar-refractivity contribution in [1.29, 1.82) is 0 Å². The van der Waals surface area contributed by atoms with Crippen LogP contribution in [0.2, 0.25) is 0 Å². The van der Waals surface area contributed by atoms with Crippen LogP contribution in [0.15, 0.2) is 34.2 Å². The zero-order valence-electron chi connectivity index (χ0n) is 10.3. The van der Waals surface area contributed by atoms with Crippen molar-refractivity contribution in [3.63, 3.8) is 0 Å². The molecule has 0 radical (unpaired) electrons. The Kier molecular flexibility index (Phi) is 4.60. The van der Waals surface area contributed by atoms with Crippen molar-refractivity contribution in [3.8, 4) is 5.88 Å². The SMILES string of the molecule is CCOc1ccc(NC(C)c2sccc2Br)cn1. The molecule has 96 valence electrons. The van der Waals surface area contributed by atoms with E-state index < -0.39 is 0 Å². The normalized spacial score (nSPS) is 12.2. The number of hydrogen-bond acceptors (Lipinski definition) is 4.